The van der Waals surface area contributed by atoms with E-state index in [-0.39, 0.29) is 42.5 Å². The lowest BCUT2D eigenvalue weighted by molar-refractivity contribution is 0.192. The third-order valence-corrected chi connectivity index (χ3v) is 7.59. The summed E-state index contributed by atoms with van der Waals surface area (Å²) in [5.41, 5.74) is 0.916. The van der Waals surface area contributed by atoms with Crippen molar-refractivity contribution >= 4 is 15.5 Å². The van der Waals surface area contributed by atoms with Crippen LogP contribution >= 0.6 is 0 Å². The van der Waals surface area contributed by atoms with Crippen LogP contribution in [0.3, 0.4) is 0 Å². The molecule has 1 N–H and O–H groups in total. The first-order chi connectivity index (χ1) is 16.3. The minimum atomic E-state index is -3.85. The summed E-state index contributed by atoms with van der Waals surface area (Å²) in [7, 11) is -3.85. The second-order valence-corrected chi connectivity index (χ2v) is 9.89. The van der Waals surface area contributed by atoms with Gasteiger partial charge in [0.2, 0.25) is 10.0 Å². The van der Waals surface area contributed by atoms with Gasteiger partial charge in [0, 0.05) is 19.5 Å². The van der Waals surface area contributed by atoms with E-state index in [2.05, 4.69) is 20.4 Å². The van der Waals surface area contributed by atoms with Gasteiger partial charge in [0.05, 0.1) is 41.1 Å². The monoisotopic (exact) mass is 489 g/mol. The predicted molar refractivity (Wildman–Crippen MR) is 125 cm³/mol. The molecule has 3 aromatic rings. The van der Waals surface area contributed by atoms with Gasteiger partial charge in [0.25, 0.3) is 5.56 Å². The maximum Gasteiger partial charge on any atom is 0.277 e. The van der Waals surface area contributed by atoms with Gasteiger partial charge in [-0.2, -0.15) is 4.31 Å². The summed E-state index contributed by atoms with van der Waals surface area (Å²) in [6, 6.07) is 4.48. The SMILES string of the molecule is CCCc1nc(C)c2c(=O)[nH]c(-c3cc(S(=O)(=O)N4CCN(N=O)CC4)ccc3OCC)nn12. The van der Waals surface area contributed by atoms with Crippen molar-refractivity contribution in [2.75, 3.05) is 32.8 Å². The maximum absolute atomic E-state index is 13.3. The third-order valence-electron chi connectivity index (χ3n) is 5.69. The number of hydrogen-bond acceptors (Lipinski definition) is 8. The number of aryl methyl sites for hydroxylation is 2. The number of aromatic nitrogens is 4. The quantitative estimate of drug-likeness (QED) is 0.472. The van der Waals surface area contributed by atoms with Gasteiger partial charge in [-0.1, -0.05) is 6.92 Å². The van der Waals surface area contributed by atoms with Crippen LogP contribution in [0.4, 0.5) is 0 Å². The highest BCUT2D eigenvalue weighted by Crippen LogP contribution is 2.31. The molecule has 0 atom stereocenters. The molecule has 34 heavy (non-hydrogen) atoms. The van der Waals surface area contributed by atoms with Crippen LogP contribution in [0.25, 0.3) is 16.9 Å². The molecular weight excluding hydrogens is 462 g/mol. The molecule has 0 bridgehead atoms. The van der Waals surface area contributed by atoms with Gasteiger partial charge in [-0.3, -0.25) is 9.80 Å². The molecule has 1 fully saturated rings. The Morgan fingerprint density at radius 3 is 2.56 bits per heavy atom. The Morgan fingerprint density at radius 1 is 1.18 bits per heavy atom. The van der Waals surface area contributed by atoms with E-state index in [1.54, 1.807) is 13.0 Å². The molecular formula is C21H27N7O5S. The Bertz CT molecular complexity index is 1370. The number of nitrogens with zero attached hydrogens (tertiary/aromatic N) is 6. The molecule has 1 aliphatic heterocycles. The normalized spacial score (nSPS) is 15.1. The number of aromatic amines is 1. The number of ether oxygens (including phenoxy) is 1. The van der Waals surface area contributed by atoms with Crippen LogP contribution in [0.1, 0.15) is 31.8 Å². The Kier molecular flexibility index (Phi) is 6.66. The smallest absolute Gasteiger partial charge is 0.277 e. The third kappa shape index (κ3) is 4.28. The molecule has 0 aliphatic carbocycles. The van der Waals surface area contributed by atoms with Crippen molar-refractivity contribution in [2.24, 2.45) is 5.29 Å². The summed E-state index contributed by atoms with van der Waals surface area (Å²) in [6.45, 7) is 6.65. The number of rotatable bonds is 8. The molecule has 1 aromatic carbocycles. The highest BCUT2D eigenvalue weighted by Gasteiger charge is 2.30. The Labute approximate surface area is 196 Å². The summed E-state index contributed by atoms with van der Waals surface area (Å²) in [6.07, 6.45) is 1.46. The van der Waals surface area contributed by atoms with Crippen molar-refractivity contribution in [3.63, 3.8) is 0 Å². The summed E-state index contributed by atoms with van der Waals surface area (Å²) in [5, 5.41) is 8.77. The minimum absolute atomic E-state index is 0.0387. The Balaban J connectivity index is 1.82. The van der Waals surface area contributed by atoms with E-state index in [4.69, 9.17) is 4.74 Å². The number of sulfonamides is 1. The molecule has 0 amide bonds. The van der Waals surface area contributed by atoms with Crippen LogP contribution in [0.5, 0.6) is 5.75 Å². The van der Waals surface area contributed by atoms with Gasteiger partial charge in [-0.05, 0) is 38.5 Å². The first-order valence-corrected chi connectivity index (χ1v) is 12.6. The van der Waals surface area contributed by atoms with Gasteiger partial charge in [-0.15, -0.1) is 10.0 Å². The van der Waals surface area contributed by atoms with E-state index in [0.717, 1.165) is 6.42 Å². The fourth-order valence-corrected chi connectivity index (χ4v) is 5.48. The summed E-state index contributed by atoms with van der Waals surface area (Å²) < 4.78 is 35.2. The molecule has 3 heterocycles. The van der Waals surface area contributed by atoms with Gasteiger partial charge in [0.15, 0.2) is 11.3 Å². The zero-order valence-corrected chi connectivity index (χ0v) is 20.1. The predicted octanol–water partition coefficient (Wildman–Crippen LogP) is 1.73. The fourth-order valence-electron chi connectivity index (χ4n) is 4.03. The van der Waals surface area contributed by atoms with Gasteiger partial charge >= 0.3 is 0 Å². The van der Waals surface area contributed by atoms with Gasteiger partial charge in [0.1, 0.15) is 11.6 Å². The van der Waals surface area contributed by atoms with Crippen molar-refractivity contribution in [2.45, 2.75) is 38.5 Å². The molecule has 1 aliphatic rings. The van der Waals surface area contributed by atoms with Crippen LogP contribution in [-0.4, -0.2) is 70.1 Å². The molecule has 0 unspecified atom stereocenters. The second kappa shape index (κ2) is 9.50. The zero-order chi connectivity index (χ0) is 24.5. The van der Waals surface area contributed by atoms with Crippen LogP contribution in [-0.2, 0) is 16.4 Å². The largest absolute Gasteiger partial charge is 0.493 e. The number of benzene rings is 1. The zero-order valence-electron chi connectivity index (χ0n) is 19.3. The molecule has 182 valence electrons. The lowest BCUT2D eigenvalue weighted by Gasteiger charge is -2.30. The van der Waals surface area contributed by atoms with E-state index < -0.39 is 10.0 Å². The highest BCUT2D eigenvalue weighted by molar-refractivity contribution is 7.89. The Hall–Kier alpha value is -3.32. The number of nitroso groups, excluding NO2 is 1. The summed E-state index contributed by atoms with van der Waals surface area (Å²) in [5.74, 6) is 1.24. The number of fused-ring (bicyclic) bond motifs is 1. The second-order valence-electron chi connectivity index (χ2n) is 7.96. The summed E-state index contributed by atoms with van der Waals surface area (Å²) >= 11 is 0. The standard InChI is InChI=1S/C21H27N7O5S/c1-4-6-18-22-14(3)19-21(29)23-20(24-28(18)19)16-13-15(7-8-17(16)33-5-2)34(31,32)27-11-9-26(25-30)10-12-27/h7-8,13H,4-6,9-12H2,1-3H3,(H,23,24,29). The van der Waals surface area contributed by atoms with Crippen LogP contribution < -0.4 is 10.3 Å². The minimum Gasteiger partial charge on any atom is -0.493 e. The van der Waals surface area contributed by atoms with Crippen molar-refractivity contribution in [3.8, 4) is 17.1 Å². The average Bonchev–Trinajstić information content (AvgIpc) is 3.15. The number of piperazine rings is 1. The maximum atomic E-state index is 13.3. The molecule has 0 radical (unpaired) electrons. The van der Waals surface area contributed by atoms with Crippen molar-refractivity contribution in [1.82, 2.24) is 28.9 Å². The van der Waals surface area contributed by atoms with Crippen molar-refractivity contribution < 1.29 is 13.2 Å². The van der Waals surface area contributed by atoms with E-state index in [0.29, 0.717) is 41.4 Å². The molecule has 0 spiro atoms. The summed E-state index contributed by atoms with van der Waals surface area (Å²) in [4.78, 5) is 30.9. The molecule has 2 aromatic heterocycles. The van der Waals surface area contributed by atoms with E-state index >= 15 is 0 Å². The van der Waals surface area contributed by atoms with E-state index in [9.17, 15) is 18.1 Å². The molecule has 4 rings (SSSR count). The number of H-pyrrole nitrogens is 1. The molecule has 1 saturated heterocycles. The van der Waals surface area contributed by atoms with Crippen LogP contribution in [0.2, 0.25) is 0 Å². The molecule has 0 saturated carbocycles. The highest BCUT2D eigenvalue weighted by atomic mass is 32.2. The lowest BCUT2D eigenvalue weighted by Crippen LogP contribution is -2.46. The molecule has 13 heteroatoms. The molecule has 12 nitrogen and oxygen atoms in total. The average molecular weight is 490 g/mol. The fraction of sp³-hybridized carbons (Fsp3) is 0.476. The lowest BCUT2D eigenvalue weighted by atomic mass is 10.2. The number of hydrogen-bond donors (Lipinski definition) is 1. The topological polar surface area (TPSA) is 142 Å². The Morgan fingerprint density at radius 2 is 1.91 bits per heavy atom. The van der Waals surface area contributed by atoms with Crippen LogP contribution in [0, 0.1) is 11.8 Å². The van der Waals surface area contributed by atoms with Gasteiger partial charge in [-0.25, -0.2) is 17.9 Å². The van der Waals surface area contributed by atoms with E-state index in [1.165, 1.54) is 26.0 Å². The first kappa shape index (κ1) is 23.8. The van der Waals surface area contributed by atoms with Gasteiger partial charge < -0.3 is 9.72 Å². The van der Waals surface area contributed by atoms with E-state index in [1.807, 2.05) is 13.8 Å². The van der Waals surface area contributed by atoms with Crippen molar-refractivity contribution in [1.29, 1.82) is 0 Å². The first-order valence-electron chi connectivity index (χ1n) is 11.1. The van der Waals surface area contributed by atoms with Crippen molar-refractivity contribution in [3.05, 3.63) is 45.0 Å². The van der Waals surface area contributed by atoms with Crippen LogP contribution in [0.15, 0.2) is 33.2 Å². The number of nitrogens with one attached hydrogen (secondary N) is 1. The number of imidazole rings is 1.